The number of carbonyl (C=O) groups is 3. The minimum absolute atomic E-state index is 0.0604. The molecule has 0 aromatic rings. The number of hydrogen-bond acceptors (Lipinski definition) is 4. The molecule has 6 nitrogen and oxygen atoms in total. The molecule has 1 aliphatic heterocycles. The van der Waals surface area contributed by atoms with Crippen LogP contribution in [0.15, 0.2) is 0 Å². The van der Waals surface area contributed by atoms with E-state index in [1.54, 1.807) is 0 Å². The SMILES string of the molecule is CCNC(=O)CCNC1CC(=O)NC1=O. The standard InChI is InChI=1S/C9H15N3O3/c1-2-10-7(13)3-4-11-6-5-8(14)12-9(6)15/h6,11H,2-5H2,1H3,(H,10,13)(H,12,14,15). The lowest BCUT2D eigenvalue weighted by Crippen LogP contribution is -2.38. The highest BCUT2D eigenvalue weighted by molar-refractivity contribution is 6.05. The Bertz CT molecular complexity index is 278. The Balaban J connectivity index is 2.18. The van der Waals surface area contributed by atoms with Crippen molar-refractivity contribution in [3.8, 4) is 0 Å². The highest BCUT2D eigenvalue weighted by atomic mass is 16.2. The first kappa shape index (κ1) is 11.6. The van der Waals surface area contributed by atoms with Gasteiger partial charge in [0, 0.05) is 19.5 Å². The fourth-order valence-corrected chi connectivity index (χ4v) is 1.36. The Morgan fingerprint density at radius 2 is 2.27 bits per heavy atom. The Kier molecular flexibility index (Phi) is 4.23. The van der Waals surface area contributed by atoms with E-state index in [-0.39, 0.29) is 24.1 Å². The van der Waals surface area contributed by atoms with Crippen molar-refractivity contribution >= 4 is 17.7 Å². The summed E-state index contributed by atoms with van der Waals surface area (Å²) in [6.07, 6.45) is 0.472. The van der Waals surface area contributed by atoms with Crippen molar-refractivity contribution in [1.82, 2.24) is 16.0 Å². The summed E-state index contributed by atoms with van der Waals surface area (Å²) >= 11 is 0. The van der Waals surface area contributed by atoms with Crippen LogP contribution in [-0.2, 0) is 14.4 Å². The molecule has 3 N–H and O–H groups in total. The maximum atomic E-state index is 11.1. The smallest absolute Gasteiger partial charge is 0.244 e. The zero-order chi connectivity index (χ0) is 11.3. The van der Waals surface area contributed by atoms with E-state index in [4.69, 9.17) is 0 Å². The normalized spacial score (nSPS) is 20.2. The summed E-state index contributed by atoms with van der Waals surface area (Å²) in [6, 6.07) is -0.480. The third-order valence-corrected chi connectivity index (χ3v) is 2.09. The van der Waals surface area contributed by atoms with Gasteiger partial charge in [0.1, 0.15) is 0 Å². The van der Waals surface area contributed by atoms with Gasteiger partial charge >= 0.3 is 0 Å². The number of amides is 3. The largest absolute Gasteiger partial charge is 0.356 e. The first-order chi connectivity index (χ1) is 7.13. The predicted molar refractivity (Wildman–Crippen MR) is 52.9 cm³/mol. The fraction of sp³-hybridized carbons (Fsp3) is 0.667. The van der Waals surface area contributed by atoms with E-state index in [0.717, 1.165) is 0 Å². The summed E-state index contributed by atoms with van der Waals surface area (Å²) in [5, 5.41) is 7.69. The van der Waals surface area contributed by atoms with Crippen molar-refractivity contribution in [3.05, 3.63) is 0 Å². The summed E-state index contributed by atoms with van der Waals surface area (Å²) in [4.78, 5) is 32.9. The average molecular weight is 213 g/mol. The summed E-state index contributed by atoms with van der Waals surface area (Å²) < 4.78 is 0. The van der Waals surface area contributed by atoms with Gasteiger partial charge in [-0.3, -0.25) is 19.7 Å². The van der Waals surface area contributed by atoms with Gasteiger partial charge in [-0.1, -0.05) is 0 Å². The summed E-state index contributed by atoms with van der Waals surface area (Å²) in [6.45, 7) is 2.84. The van der Waals surface area contributed by atoms with E-state index in [2.05, 4.69) is 16.0 Å². The minimum Gasteiger partial charge on any atom is -0.356 e. The summed E-state index contributed by atoms with van der Waals surface area (Å²) in [7, 11) is 0. The van der Waals surface area contributed by atoms with Crippen LogP contribution in [0.3, 0.4) is 0 Å². The molecule has 0 saturated carbocycles. The molecule has 0 aromatic heterocycles. The molecule has 1 fully saturated rings. The molecule has 1 atom stereocenters. The maximum absolute atomic E-state index is 11.1. The van der Waals surface area contributed by atoms with Gasteiger partial charge in [-0.2, -0.15) is 0 Å². The van der Waals surface area contributed by atoms with Gasteiger partial charge in [0.25, 0.3) is 0 Å². The van der Waals surface area contributed by atoms with Gasteiger partial charge in [-0.15, -0.1) is 0 Å². The van der Waals surface area contributed by atoms with Crippen LogP contribution in [0.4, 0.5) is 0 Å². The number of carbonyl (C=O) groups excluding carboxylic acids is 3. The molecule has 1 rings (SSSR count). The van der Waals surface area contributed by atoms with E-state index in [1.165, 1.54) is 0 Å². The zero-order valence-electron chi connectivity index (χ0n) is 8.63. The van der Waals surface area contributed by atoms with Crippen LogP contribution in [0.5, 0.6) is 0 Å². The van der Waals surface area contributed by atoms with Gasteiger partial charge in [-0.05, 0) is 6.92 Å². The van der Waals surface area contributed by atoms with Crippen LogP contribution < -0.4 is 16.0 Å². The first-order valence-electron chi connectivity index (χ1n) is 4.97. The van der Waals surface area contributed by atoms with E-state index in [1.807, 2.05) is 6.92 Å². The van der Waals surface area contributed by atoms with E-state index < -0.39 is 6.04 Å². The third-order valence-electron chi connectivity index (χ3n) is 2.09. The fourth-order valence-electron chi connectivity index (χ4n) is 1.36. The lowest BCUT2D eigenvalue weighted by atomic mass is 10.2. The van der Waals surface area contributed by atoms with E-state index in [9.17, 15) is 14.4 Å². The molecule has 1 saturated heterocycles. The van der Waals surface area contributed by atoms with Crippen LogP contribution in [0.25, 0.3) is 0 Å². The summed E-state index contributed by atoms with van der Waals surface area (Å²) in [5.41, 5.74) is 0. The van der Waals surface area contributed by atoms with Crippen LogP contribution in [0.1, 0.15) is 19.8 Å². The summed E-state index contributed by atoms with van der Waals surface area (Å²) in [5.74, 6) is -0.638. The Labute approximate surface area is 87.8 Å². The highest BCUT2D eigenvalue weighted by Crippen LogP contribution is 2.00. The van der Waals surface area contributed by atoms with Crippen LogP contribution in [0.2, 0.25) is 0 Å². The molecule has 84 valence electrons. The number of nitrogens with one attached hydrogen (secondary N) is 3. The van der Waals surface area contributed by atoms with Crippen LogP contribution in [0, 0.1) is 0 Å². The molecule has 0 radical (unpaired) electrons. The van der Waals surface area contributed by atoms with Gasteiger partial charge in [0.2, 0.25) is 17.7 Å². The molecule has 15 heavy (non-hydrogen) atoms. The van der Waals surface area contributed by atoms with Gasteiger partial charge in [0.05, 0.1) is 12.5 Å². The molecule has 0 bridgehead atoms. The average Bonchev–Trinajstić information content (AvgIpc) is 2.46. The lowest BCUT2D eigenvalue weighted by Gasteiger charge is -2.08. The van der Waals surface area contributed by atoms with Crippen molar-refractivity contribution in [3.63, 3.8) is 0 Å². The second kappa shape index (κ2) is 5.45. The monoisotopic (exact) mass is 213 g/mol. The second-order valence-electron chi connectivity index (χ2n) is 3.33. The predicted octanol–water partition coefficient (Wildman–Crippen LogP) is -1.48. The molecular weight excluding hydrogens is 198 g/mol. The van der Waals surface area contributed by atoms with Crippen molar-refractivity contribution in [2.45, 2.75) is 25.8 Å². The van der Waals surface area contributed by atoms with E-state index >= 15 is 0 Å². The van der Waals surface area contributed by atoms with Crippen molar-refractivity contribution in [2.75, 3.05) is 13.1 Å². The molecule has 0 spiro atoms. The lowest BCUT2D eigenvalue weighted by molar-refractivity contribution is -0.125. The number of rotatable bonds is 5. The first-order valence-corrected chi connectivity index (χ1v) is 4.97. The van der Waals surface area contributed by atoms with Crippen LogP contribution in [-0.4, -0.2) is 36.9 Å². The van der Waals surface area contributed by atoms with Crippen LogP contribution >= 0.6 is 0 Å². The molecule has 1 aliphatic rings. The Morgan fingerprint density at radius 1 is 1.53 bits per heavy atom. The molecular formula is C9H15N3O3. The maximum Gasteiger partial charge on any atom is 0.244 e. The highest BCUT2D eigenvalue weighted by Gasteiger charge is 2.29. The molecule has 1 unspecified atom stereocenters. The number of hydrogen-bond donors (Lipinski definition) is 3. The molecule has 3 amide bonds. The molecule has 6 heteroatoms. The molecule has 1 heterocycles. The number of imide groups is 1. The quantitative estimate of drug-likeness (QED) is 0.486. The minimum atomic E-state index is -0.480. The van der Waals surface area contributed by atoms with Crippen molar-refractivity contribution < 1.29 is 14.4 Å². The van der Waals surface area contributed by atoms with Gasteiger partial charge in [0.15, 0.2) is 0 Å². The molecule has 0 aromatic carbocycles. The van der Waals surface area contributed by atoms with Crippen molar-refractivity contribution in [2.24, 2.45) is 0 Å². The Hall–Kier alpha value is -1.43. The molecule has 0 aliphatic carbocycles. The topological polar surface area (TPSA) is 87.3 Å². The van der Waals surface area contributed by atoms with E-state index in [0.29, 0.717) is 19.5 Å². The van der Waals surface area contributed by atoms with Crippen molar-refractivity contribution in [1.29, 1.82) is 0 Å². The van der Waals surface area contributed by atoms with Gasteiger partial charge < -0.3 is 10.6 Å². The Morgan fingerprint density at radius 3 is 2.80 bits per heavy atom. The second-order valence-corrected chi connectivity index (χ2v) is 3.33. The van der Waals surface area contributed by atoms with Gasteiger partial charge in [-0.25, -0.2) is 0 Å². The zero-order valence-corrected chi connectivity index (χ0v) is 8.63. The third kappa shape index (κ3) is 3.67.